The molecule has 0 heterocycles. The molecule has 2 N–H and O–H groups in total. The summed E-state index contributed by atoms with van der Waals surface area (Å²) in [5.74, 6) is 0. The molecule has 0 aromatic carbocycles. The molecule has 0 saturated heterocycles. The highest BCUT2D eigenvalue weighted by atomic mass is 16.5. The van der Waals surface area contributed by atoms with Crippen molar-refractivity contribution in [2.45, 2.75) is 20.0 Å². The Morgan fingerprint density at radius 3 is 2.25 bits per heavy atom. The first-order valence-electron chi connectivity index (χ1n) is 5.89. The highest BCUT2D eigenvalue weighted by Gasteiger charge is 1.94. The molecule has 0 saturated carbocycles. The number of nitrogens with one attached hydrogen (secondary N) is 1. The molecule has 5 heteroatoms. The SMILES string of the molecule is CCOCCNCCOCCOCC(C)O. The van der Waals surface area contributed by atoms with E-state index in [0.717, 1.165) is 26.3 Å². The van der Waals surface area contributed by atoms with Gasteiger partial charge in [0.1, 0.15) is 0 Å². The van der Waals surface area contributed by atoms with Crippen molar-refractivity contribution in [1.82, 2.24) is 5.32 Å². The Hall–Kier alpha value is -0.200. The third-order valence-electron chi connectivity index (χ3n) is 1.78. The second-order valence-electron chi connectivity index (χ2n) is 3.48. The van der Waals surface area contributed by atoms with Gasteiger partial charge in [-0.05, 0) is 13.8 Å². The van der Waals surface area contributed by atoms with Crippen LogP contribution in [0.2, 0.25) is 0 Å². The molecular weight excluding hydrogens is 210 g/mol. The van der Waals surface area contributed by atoms with E-state index in [2.05, 4.69) is 5.32 Å². The molecule has 0 aliphatic carbocycles. The van der Waals surface area contributed by atoms with Crippen molar-refractivity contribution in [3.8, 4) is 0 Å². The van der Waals surface area contributed by atoms with Crippen LogP contribution >= 0.6 is 0 Å². The first kappa shape index (κ1) is 15.8. The molecule has 98 valence electrons. The van der Waals surface area contributed by atoms with Gasteiger partial charge in [-0.1, -0.05) is 0 Å². The number of hydrogen-bond acceptors (Lipinski definition) is 5. The Labute approximate surface area is 98.1 Å². The van der Waals surface area contributed by atoms with E-state index in [4.69, 9.17) is 19.3 Å². The van der Waals surface area contributed by atoms with Gasteiger partial charge in [0.05, 0.1) is 39.1 Å². The summed E-state index contributed by atoms with van der Waals surface area (Å²) in [4.78, 5) is 0. The summed E-state index contributed by atoms with van der Waals surface area (Å²) in [6, 6.07) is 0. The largest absolute Gasteiger partial charge is 0.391 e. The first-order chi connectivity index (χ1) is 7.77. The minimum atomic E-state index is -0.403. The highest BCUT2D eigenvalue weighted by Crippen LogP contribution is 1.83. The van der Waals surface area contributed by atoms with E-state index in [9.17, 15) is 0 Å². The van der Waals surface area contributed by atoms with Crippen LogP contribution in [-0.2, 0) is 14.2 Å². The number of rotatable bonds is 12. The topological polar surface area (TPSA) is 60.0 Å². The van der Waals surface area contributed by atoms with Crippen LogP contribution in [0.3, 0.4) is 0 Å². The normalized spacial score (nSPS) is 12.9. The Kier molecular flexibility index (Phi) is 12.7. The fourth-order valence-corrected chi connectivity index (χ4v) is 1.03. The zero-order valence-electron chi connectivity index (χ0n) is 10.4. The zero-order valence-corrected chi connectivity index (χ0v) is 10.4. The van der Waals surface area contributed by atoms with Gasteiger partial charge in [0.2, 0.25) is 0 Å². The summed E-state index contributed by atoms with van der Waals surface area (Å²) in [7, 11) is 0. The summed E-state index contributed by atoms with van der Waals surface area (Å²) in [5, 5.41) is 12.1. The summed E-state index contributed by atoms with van der Waals surface area (Å²) in [6.07, 6.45) is -0.403. The van der Waals surface area contributed by atoms with Gasteiger partial charge in [0.25, 0.3) is 0 Å². The zero-order chi connectivity index (χ0) is 12.1. The lowest BCUT2D eigenvalue weighted by Gasteiger charge is -2.08. The lowest BCUT2D eigenvalue weighted by atomic mass is 10.4. The predicted octanol–water partition coefficient (Wildman–Crippen LogP) is 0.0265. The molecule has 0 aliphatic heterocycles. The van der Waals surface area contributed by atoms with E-state index in [1.165, 1.54) is 0 Å². The van der Waals surface area contributed by atoms with Gasteiger partial charge >= 0.3 is 0 Å². The molecule has 0 amide bonds. The van der Waals surface area contributed by atoms with Crippen molar-refractivity contribution in [3.05, 3.63) is 0 Å². The third kappa shape index (κ3) is 13.8. The molecule has 0 fully saturated rings. The molecule has 0 aliphatic rings. The van der Waals surface area contributed by atoms with E-state index in [0.29, 0.717) is 26.4 Å². The van der Waals surface area contributed by atoms with Crippen LogP contribution in [0.4, 0.5) is 0 Å². The first-order valence-corrected chi connectivity index (χ1v) is 5.89. The summed E-state index contributed by atoms with van der Waals surface area (Å²) in [5.41, 5.74) is 0. The molecule has 1 atom stereocenters. The van der Waals surface area contributed by atoms with Crippen LogP contribution in [-0.4, -0.2) is 63.9 Å². The Morgan fingerprint density at radius 1 is 1.00 bits per heavy atom. The highest BCUT2D eigenvalue weighted by molar-refractivity contribution is 4.45. The monoisotopic (exact) mass is 235 g/mol. The van der Waals surface area contributed by atoms with Crippen LogP contribution in [0.1, 0.15) is 13.8 Å². The van der Waals surface area contributed by atoms with Crippen LogP contribution in [0, 0.1) is 0 Å². The van der Waals surface area contributed by atoms with E-state index < -0.39 is 6.10 Å². The van der Waals surface area contributed by atoms with E-state index in [-0.39, 0.29) is 0 Å². The number of ether oxygens (including phenoxy) is 3. The van der Waals surface area contributed by atoms with Gasteiger partial charge in [-0.2, -0.15) is 0 Å². The second kappa shape index (κ2) is 12.9. The average molecular weight is 235 g/mol. The summed E-state index contributed by atoms with van der Waals surface area (Å²) in [6.45, 7) is 9.01. The van der Waals surface area contributed by atoms with Gasteiger partial charge in [0, 0.05) is 19.7 Å². The average Bonchev–Trinajstić information content (AvgIpc) is 2.25. The Balaban J connectivity index is 2.88. The molecule has 5 nitrogen and oxygen atoms in total. The van der Waals surface area contributed by atoms with Gasteiger partial charge in [0.15, 0.2) is 0 Å². The number of aliphatic hydroxyl groups is 1. The van der Waals surface area contributed by atoms with Gasteiger partial charge in [-0.3, -0.25) is 0 Å². The van der Waals surface area contributed by atoms with Crippen molar-refractivity contribution in [1.29, 1.82) is 0 Å². The fraction of sp³-hybridized carbons (Fsp3) is 1.00. The lowest BCUT2D eigenvalue weighted by Crippen LogP contribution is -2.24. The minimum Gasteiger partial charge on any atom is -0.391 e. The van der Waals surface area contributed by atoms with Crippen LogP contribution in [0.25, 0.3) is 0 Å². The number of hydrogen-bond donors (Lipinski definition) is 2. The maximum absolute atomic E-state index is 8.91. The maximum atomic E-state index is 8.91. The Morgan fingerprint density at radius 2 is 1.62 bits per heavy atom. The van der Waals surface area contributed by atoms with Crippen molar-refractivity contribution in [2.75, 3.05) is 52.7 Å². The molecule has 0 bridgehead atoms. The summed E-state index contributed by atoms with van der Waals surface area (Å²) < 4.78 is 15.6. The van der Waals surface area contributed by atoms with Gasteiger partial charge in [-0.25, -0.2) is 0 Å². The predicted molar refractivity (Wildman–Crippen MR) is 62.7 cm³/mol. The molecule has 0 rings (SSSR count). The van der Waals surface area contributed by atoms with Crippen molar-refractivity contribution < 1.29 is 19.3 Å². The summed E-state index contributed by atoms with van der Waals surface area (Å²) >= 11 is 0. The van der Waals surface area contributed by atoms with Crippen molar-refractivity contribution in [3.63, 3.8) is 0 Å². The quantitative estimate of drug-likeness (QED) is 0.467. The lowest BCUT2D eigenvalue weighted by molar-refractivity contribution is 0.0100. The molecule has 0 aromatic rings. The van der Waals surface area contributed by atoms with E-state index in [1.807, 2.05) is 6.92 Å². The molecule has 0 aromatic heterocycles. The molecule has 16 heavy (non-hydrogen) atoms. The standard InChI is InChI=1S/C11H25NO4/c1-3-14-6-4-12-5-7-15-8-9-16-10-11(2)13/h11-13H,3-10H2,1-2H3. The van der Waals surface area contributed by atoms with Crippen LogP contribution in [0.15, 0.2) is 0 Å². The number of aliphatic hydroxyl groups excluding tert-OH is 1. The fourth-order valence-electron chi connectivity index (χ4n) is 1.03. The van der Waals surface area contributed by atoms with Gasteiger partial charge < -0.3 is 24.6 Å². The molecule has 0 radical (unpaired) electrons. The van der Waals surface area contributed by atoms with Crippen LogP contribution < -0.4 is 5.32 Å². The van der Waals surface area contributed by atoms with Gasteiger partial charge in [-0.15, -0.1) is 0 Å². The van der Waals surface area contributed by atoms with Crippen molar-refractivity contribution in [2.24, 2.45) is 0 Å². The van der Waals surface area contributed by atoms with Crippen molar-refractivity contribution >= 4 is 0 Å². The van der Waals surface area contributed by atoms with E-state index >= 15 is 0 Å². The van der Waals surface area contributed by atoms with Crippen LogP contribution in [0.5, 0.6) is 0 Å². The molecule has 0 spiro atoms. The maximum Gasteiger partial charge on any atom is 0.0745 e. The minimum absolute atomic E-state index is 0.371. The second-order valence-corrected chi connectivity index (χ2v) is 3.48. The molecular formula is C11H25NO4. The van der Waals surface area contributed by atoms with E-state index in [1.54, 1.807) is 6.92 Å². The Bertz CT molecular complexity index is 133. The molecule has 1 unspecified atom stereocenters. The third-order valence-corrected chi connectivity index (χ3v) is 1.78. The smallest absolute Gasteiger partial charge is 0.0745 e.